The predicted molar refractivity (Wildman–Crippen MR) is 187 cm³/mol. The lowest BCUT2D eigenvalue weighted by Gasteiger charge is -2.19. The summed E-state index contributed by atoms with van der Waals surface area (Å²) in [5.41, 5.74) is 0.355. The smallest absolute Gasteiger partial charge is 0.416 e. The summed E-state index contributed by atoms with van der Waals surface area (Å²) >= 11 is 0. The summed E-state index contributed by atoms with van der Waals surface area (Å²) in [6.45, 7) is 0. The van der Waals surface area contributed by atoms with Crippen LogP contribution in [0.25, 0.3) is 43.5 Å². The van der Waals surface area contributed by atoms with Crippen molar-refractivity contribution in [2.24, 2.45) is 0 Å². The molecule has 0 aliphatic carbocycles. The zero-order valence-electron chi connectivity index (χ0n) is 27.2. The number of allylic oxidation sites excluding steroid dienone is 4. The summed E-state index contributed by atoms with van der Waals surface area (Å²) in [5.74, 6) is 12.9. The fourth-order valence-electron chi connectivity index (χ4n) is 5.95. The number of hydrogen-bond donors (Lipinski definition) is 0. The molecule has 0 saturated heterocycles. The van der Waals surface area contributed by atoms with Gasteiger partial charge < -0.3 is 9.47 Å². The largest absolute Gasteiger partial charge is 0.492 e. The van der Waals surface area contributed by atoms with Gasteiger partial charge in [-0.15, -0.1) is 0 Å². The van der Waals surface area contributed by atoms with Gasteiger partial charge in [0.15, 0.2) is 11.5 Å². The van der Waals surface area contributed by atoms with Crippen LogP contribution in [0.1, 0.15) is 33.4 Å². The topological polar surface area (TPSA) is 66.0 Å². The molecule has 0 amide bonds. The number of ether oxygens (including phenoxy) is 2. The highest BCUT2D eigenvalue weighted by Crippen LogP contribution is 2.48. The lowest BCUT2D eigenvalue weighted by molar-refractivity contribution is -0.138. The van der Waals surface area contributed by atoms with Crippen molar-refractivity contribution < 1.29 is 35.8 Å². The monoisotopic (exact) mass is 700 g/mol. The van der Waals surface area contributed by atoms with Crippen LogP contribution in [0, 0.1) is 46.3 Å². The normalized spacial score (nSPS) is 12.1. The van der Waals surface area contributed by atoms with Gasteiger partial charge in [-0.3, -0.25) is 0 Å². The Morgan fingerprint density at radius 1 is 0.519 bits per heavy atom. The van der Waals surface area contributed by atoms with Gasteiger partial charge in [-0.25, -0.2) is 0 Å². The van der Waals surface area contributed by atoms with Gasteiger partial charge in [0.05, 0.1) is 36.5 Å². The van der Waals surface area contributed by atoms with Crippen molar-refractivity contribution >= 4 is 43.5 Å². The molecule has 52 heavy (non-hydrogen) atoms. The minimum absolute atomic E-state index is 0.0977. The average molecular weight is 701 g/mol. The molecule has 0 spiro atoms. The molecule has 0 heterocycles. The molecule has 0 radical (unpaired) electrons. The van der Waals surface area contributed by atoms with Crippen LogP contribution in [0.2, 0.25) is 0 Å². The highest BCUT2D eigenvalue weighted by molar-refractivity contribution is 6.28. The van der Waals surface area contributed by atoms with Gasteiger partial charge in [-0.1, -0.05) is 60.1 Å². The average Bonchev–Trinajstić information content (AvgIpc) is 3.13. The molecule has 0 aliphatic rings. The first-order chi connectivity index (χ1) is 24.9. The third-order valence-electron chi connectivity index (χ3n) is 8.40. The first-order valence-corrected chi connectivity index (χ1v) is 15.3. The molecule has 0 N–H and O–H groups in total. The Hall–Kier alpha value is -6.88. The van der Waals surface area contributed by atoms with E-state index in [2.05, 4.69) is 23.7 Å². The summed E-state index contributed by atoms with van der Waals surface area (Å²) in [6, 6.07) is 23.5. The zero-order chi connectivity index (χ0) is 37.2. The van der Waals surface area contributed by atoms with Crippen molar-refractivity contribution in [1.29, 1.82) is 10.5 Å². The minimum atomic E-state index is -4.50. The number of alkyl halides is 6. The van der Waals surface area contributed by atoms with E-state index < -0.39 is 23.5 Å². The SMILES string of the molecule is COc1c(OC)c2ccc(C#C/C=C(/C#N)c3ccc(C(F)(F)F)cc3)c3ccc4c(C#C/C=C(\C#N)c5ccc(C(F)(F)F)cc5)ccc1c4c32. The molecule has 6 aromatic rings. The first-order valence-electron chi connectivity index (χ1n) is 15.3. The summed E-state index contributed by atoms with van der Waals surface area (Å²) < 4.78 is 89.7. The van der Waals surface area contributed by atoms with Gasteiger partial charge in [-0.05, 0) is 70.4 Å². The standard InChI is InChI=1S/C42H22F6N2O2/c1-51-39-35-19-13-27(5-3-7-29(23-49)25-9-15-31(16-10-25)41(43,44)45)33-21-22-34-28(14-20-36(40(39)52-2)38(34)37(33)35)6-4-8-30(24-50)26-11-17-32(18-12-26)42(46,47)48/h7-22H,1-2H3/b29-7-,30-8+. The fraction of sp³-hybridized carbons (Fsp3) is 0.0952. The molecule has 0 aromatic heterocycles. The van der Waals surface area contributed by atoms with Gasteiger partial charge in [0.25, 0.3) is 0 Å². The Morgan fingerprint density at radius 2 is 0.865 bits per heavy atom. The molecular weight excluding hydrogens is 678 g/mol. The number of hydrogen-bond acceptors (Lipinski definition) is 4. The van der Waals surface area contributed by atoms with E-state index in [-0.39, 0.29) is 11.1 Å². The van der Waals surface area contributed by atoms with Crippen LogP contribution in [0.5, 0.6) is 11.5 Å². The van der Waals surface area contributed by atoms with Crippen LogP contribution in [0.15, 0.2) is 97.1 Å². The number of benzene rings is 6. The van der Waals surface area contributed by atoms with Gasteiger partial charge in [-0.2, -0.15) is 36.9 Å². The minimum Gasteiger partial charge on any atom is -0.492 e. The van der Waals surface area contributed by atoms with Crippen LogP contribution in [-0.4, -0.2) is 14.2 Å². The first kappa shape index (κ1) is 35.0. The second-order valence-corrected chi connectivity index (χ2v) is 11.3. The highest BCUT2D eigenvalue weighted by Gasteiger charge is 2.31. The van der Waals surface area contributed by atoms with Crippen molar-refractivity contribution in [3.63, 3.8) is 0 Å². The molecule has 0 fully saturated rings. The van der Waals surface area contributed by atoms with E-state index in [1.54, 1.807) is 12.1 Å². The molecule has 6 aromatic carbocycles. The molecule has 10 heteroatoms. The maximum Gasteiger partial charge on any atom is 0.416 e. The maximum atomic E-state index is 13.0. The Kier molecular flexibility index (Phi) is 9.27. The quantitative estimate of drug-likeness (QED) is 0.0795. The van der Waals surface area contributed by atoms with E-state index in [4.69, 9.17) is 9.47 Å². The second kappa shape index (κ2) is 13.8. The zero-order valence-corrected chi connectivity index (χ0v) is 27.2. The highest BCUT2D eigenvalue weighted by atomic mass is 19.4. The molecular formula is C42H22F6N2O2. The van der Waals surface area contributed by atoms with E-state index in [9.17, 15) is 36.9 Å². The van der Waals surface area contributed by atoms with E-state index in [0.29, 0.717) is 33.8 Å². The Labute approximate surface area is 293 Å². The summed E-state index contributed by atoms with van der Waals surface area (Å²) in [6.07, 6.45) is -6.29. The Balaban J connectivity index is 1.45. The Morgan fingerprint density at radius 3 is 1.17 bits per heavy atom. The van der Waals surface area contributed by atoms with E-state index in [1.165, 1.54) is 50.6 Å². The van der Waals surface area contributed by atoms with Gasteiger partial charge >= 0.3 is 12.4 Å². The molecule has 254 valence electrons. The molecule has 0 unspecified atom stereocenters. The van der Waals surface area contributed by atoms with E-state index in [1.807, 2.05) is 36.4 Å². The van der Waals surface area contributed by atoms with Crippen molar-refractivity contribution in [3.05, 3.63) is 130 Å². The Bertz CT molecular complexity index is 2450. The fourth-order valence-corrected chi connectivity index (χ4v) is 5.95. The van der Waals surface area contributed by atoms with Crippen LogP contribution < -0.4 is 9.47 Å². The third-order valence-corrected chi connectivity index (χ3v) is 8.40. The third kappa shape index (κ3) is 6.54. The molecule has 0 bridgehead atoms. The summed E-state index contributed by atoms with van der Waals surface area (Å²) in [5, 5.41) is 24.0. The number of methoxy groups -OCH3 is 2. The molecule has 6 rings (SSSR count). The van der Waals surface area contributed by atoms with Crippen LogP contribution in [-0.2, 0) is 12.4 Å². The van der Waals surface area contributed by atoms with Crippen molar-refractivity contribution in [2.45, 2.75) is 12.4 Å². The van der Waals surface area contributed by atoms with Crippen LogP contribution >= 0.6 is 0 Å². The molecule has 4 nitrogen and oxygen atoms in total. The predicted octanol–water partition coefficient (Wildman–Crippen LogP) is 10.6. The van der Waals surface area contributed by atoms with Gasteiger partial charge in [0.1, 0.15) is 12.1 Å². The van der Waals surface area contributed by atoms with Crippen LogP contribution in [0.3, 0.4) is 0 Å². The number of rotatable bonds is 4. The number of nitriles is 2. The summed E-state index contributed by atoms with van der Waals surface area (Å²) in [4.78, 5) is 0. The molecule has 0 saturated carbocycles. The number of nitrogens with zero attached hydrogens (tertiary/aromatic N) is 2. The lowest BCUT2D eigenvalue weighted by atomic mass is 9.89. The lowest BCUT2D eigenvalue weighted by Crippen LogP contribution is -2.04. The maximum absolute atomic E-state index is 13.0. The van der Waals surface area contributed by atoms with Gasteiger partial charge in [0.2, 0.25) is 0 Å². The second-order valence-electron chi connectivity index (χ2n) is 11.3. The van der Waals surface area contributed by atoms with Crippen molar-refractivity contribution in [3.8, 4) is 47.3 Å². The van der Waals surface area contributed by atoms with E-state index in [0.717, 1.165) is 56.6 Å². The summed E-state index contributed by atoms with van der Waals surface area (Å²) in [7, 11) is 3.06. The van der Waals surface area contributed by atoms with Gasteiger partial charge in [0, 0.05) is 44.8 Å². The molecule has 0 atom stereocenters. The van der Waals surface area contributed by atoms with Crippen LogP contribution in [0.4, 0.5) is 26.3 Å². The van der Waals surface area contributed by atoms with Crippen molar-refractivity contribution in [1.82, 2.24) is 0 Å². The van der Waals surface area contributed by atoms with Crippen molar-refractivity contribution in [2.75, 3.05) is 14.2 Å². The molecule has 0 aliphatic heterocycles. The number of halogens is 6. The van der Waals surface area contributed by atoms with E-state index >= 15 is 0 Å².